The van der Waals surface area contributed by atoms with Crippen molar-refractivity contribution >= 4 is 17.7 Å². The Morgan fingerprint density at radius 3 is 2.92 bits per heavy atom. The van der Waals surface area contributed by atoms with Crippen molar-refractivity contribution in [3.8, 4) is 0 Å². The summed E-state index contributed by atoms with van der Waals surface area (Å²) in [5.41, 5.74) is 1.24. The third kappa shape index (κ3) is 5.53. The van der Waals surface area contributed by atoms with Crippen LogP contribution in [0.15, 0.2) is 52.6 Å². The summed E-state index contributed by atoms with van der Waals surface area (Å²) in [5, 5.41) is 7.68. The van der Waals surface area contributed by atoms with Gasteiger partial charge in [0.15, 0.2) is 5.96 Å². The van der Waals surface area contributed by atoms with Gasteiger partial charge in [-0.3, -0.25) is 9.67 Å². The van der Waals surface area contributed by atoms with E-state index in [2.05, 4.69) is 58.8 Å². The molecule has 1 N–H and O–H groups in total. The molecule has 0 amide bonds. The van der Waals surface area contributed by atoms with Crippen molar-refractivity contribution in [1.82, 2.24) is 20.0 Å². The molecule has 0 radical (unpaired) electrons. The van der Waals surface area contributed by atoms with Crippen LogP contribution in [0.4, 0.5) is 0 Å². The van der Waals surface area contributed by atoms with E-state index in [-0.39, 0.29) is 0 Å². The van der Waals surface area contributed by atoms with Gasteiger partial charge in [0.2, 0.25) is 0 Å². The summed E-state index contributed by atoms with van der Waals surface area (Å²) >= 11 is 1.97. The van der Waals surface area contributed by atoms with E-state index in [1.54, 1.807) is 0 Å². The SMILES string of the molecule is CCNC(=NCCc1cnn(C)c1)N1CCC(CSc2ccccc2)C1. The number of aromatic nitrogens is 2. The van der Waals surface area contributed by atoms with E-state index < -0.39 is 0 Å². The van der Waals surface area contributed by atoms with Crippen molar-refractivity contribution in [3.63, 3.8) is 0 Å². The van der Waals surface area contributed by atoms with Gasteiger partial charge in [-0.2, -0.15) is 5.10 Å². The molecule has 2 heterocycles. The standard InChI is InChI=1S/C20H29N5S/c1-3-21-20(22-11-9-17-13-23-24(2)14-17)25-12-10-18(15-25)16-26-19-7-5-4-6-8-19/h4-8,13-14,18H,3,9-12,15-16H2,1-2H3,(H,21,22). The van der Waals surface area contributed by atoms with Gasteiger partial charge < -0.3 is 10.2 Å². The monoisotopic (exact) mass is 371 g/mol. The predicted octanol–water partition coefficient (Wildman–Crippen LogP) is 3.04. The van der Waals surface area contributed by atoms with Gasteiger partial charge in [-0.1, -0.05) is 18.2 Å². The number of guanidine groups is 1. The Balaban J connectivity index is 1.49. The molecular formula is C20H29N5S. The molecule has 0 aliphatic carbocycles. The third-order valence-corrected chi connectivity index (χ3v) is 5.81. The maximum Gasteiger partial charge on any atom is 0.193 e. The summed E-state index contributed by atoms with van der Waals surface area (Å²) in [5.74, 6) is 2.96. The Hall–Kier alpha value is -1.95. The topological polar surface area (TPSA) is 45.5 Å². The summed E-state index contributed by atoms with van der Waals surface area (Å²) in [6, 6.07) is 10.7. The average molecular weight is 372 g/mol. The second-order valence-corrected chi connectivity index (χ2v) is 7.83. The zero-order chi connectivity index (χ0) is 18.2. The fourth-order valence-corrected chi connectivity index (χ4v) is 4.26. The van der Waals surface area contributed by atoms with Crippen LogP contribution in [0, 0.1) is 5.92 Å². The zero-order valence-corrected chi connectivity index (χ0v) is 16.6. The summed E-state index contributed by atoms with van der Waals surface area (Å²) in [7, 11) is 1.95. The Kier molecular flexibility index (Phi) is 7.00. The minimum absolute atomic E-state index is 0.724. The number of likely N-dealkylation sites (tertiary alicyclic amines) is 1. The Morgan fingerprint density at radius 1 is 1.35 bits per heavy atom. The molecule has 6 heteroatoms. The normalized spacial score (nSPS) is 17.7. The van der Waals surface area contributed by atoms with Crippen LogP contribution in [0.3, 0.4) is 0 Å². The first kappa shape index (κ1) is 18.8. The predicted molar refractivity (Wildman–Crippen MR) is 110 cm³/mol. The molecule has 1 aliphatic heterocycles. The van der Waals surface area contributed by atoms with Gasteiger partial charge in [-0.25, -0.2) is 0 Å². The molecule has 2 aromatic rings. The second kappa shape index (κ2) is 9.67. The highest BCUT2D eigenvalue weighted by Crippen LogP contribution is 2.25. The van der Waals surface area contributed by atoms with Crippen LogP contribution in [-0.2, 0) is 13.5 Å². The van der Waals surface area contributed by atoms with Crippen molar-refractivity contribution in [3.05, 3.63) is 48.3 Å². The number of rotatable bonds is 7. The Morgan fingerprint density at radius 2 is 2.19 bits per heavy atom. The highest BCUT2D eigenvalue weighted by Gasteiger charge is 2.24. The minimum atomic E-state index is 0.724. The number of aliphatic imine (C=N–C) groups is 1. The quantitative estimate of drug-likeness (QED) is 0.462. The van der Waals surface area contributed by atoms with Crippen molar-refractivity contribution in [1.29, 1.82) is 0 Å². The lowest BCUT2D eigenvalue weighted by atomic mass is 10.2. The molecular weight excluding hydrogens is 342 g/mol. The average Bonchev–Trinajstić information content (AvgIpc) is 3.29. The molecule has 1 fully saturated rings. The molecule has 5 nitrogen and oxygen atoms in total. The molecule has 1 aromatic heterocycles. The zero-order valence-electron chi connectivity index (χ0n) is 15.8. The molecule has 140 valence electrons. The van der Waals surface area contributed by atoms with E-state index in [4.69, 9.17) is 4.99 Å². The van der Waals surface area contributed by atoms with E-state index in [0.29, 0.717) is 0 Å². The molecule has 1 saturated heterocycles. The molecule has 0 saturated carbocycles. The fraction of sp³-hybridized carbons (Fsp3) is 0.500. The highest BCUT2D eigenvalue weighted by atomic mass is 32.2. The van der Waals surface area contributed by atoms with Gasteiger partial charge in [0.25, 0.3) is 0 Å². The van der Waals surface area contributed by atoms with Crippen LogP contribution in [0.5, 0.6) is 0 Å². The number of benzene rings is 1. The molecule has 3 rings (SSSR count). The molecule has 1 atom stereocenters. The smallest absolute Gasteiger partial charge is 0.193 e. The lowest BCUT2D eigenvalue weighted by Crippen LogP contribution is -2.40. The van der Waals surface area contributed by atoms with Gasteiger partial charge in [-0.15, -0.1) is 11.8 Å². The number of hydrogen-bond acceptors (Lipinski definition) is 3. The van der Waals surface area contributed by atoms with Crippen molar-refractivity contribution in [2.45, 2.75) is 24.7 Å². The van der Waals surface area contributed by atoms with Crippen LogP contribution < -0.4 is 5.32 Å². The van der Waals surface area contributed by atoms with E-state index in [1.807, 2.05) is 29.7 Å². The Bertz CT molecular complexity index is 697. The first-order valence-electron chi connectivity index (χ1n) is 9.43. The maximum atomic E-state index is 4.84. The minimum Gasteiger partial charge on any atom is -0.357 e. The van der Waals surface area contributed by atoms with Crippen LogP contribution in [-0.4, -0.2) is 52.6 Å². The fourth-order valence-electron chi connectivity index (χ4n) is 3.21. The number of thioether (sulfide) groups is 1. The van der Waals surface area contributed by atoms with Crippen LogP contribution in [0.25, 0.3) is 0 Å². The molecule has 1 aliphatic rings. The number of aryl methyl sites for hydroxylation is 1. The van der Waals surface area contributed by atoms with Crippen molar-refractivity contribution < 1.29 is 0 Å². The molecule has 1 unspecified atom stereocenters. The highest BCUT2D eigenvalue weighted by molar-refractivity contribution is 7.99. The van der Waals surface area contributed by atoms with Gasteiger partial charge in [0.1, 0.15) is 0 Å². The summed E-state index contributed by atoms with van der Waals surface area (Å²) in [6.45, 7) is 6.03. The first-order valence-corrected chi connectivity index (χ1v) is 10.4. The van der Waals surface area contributed by atoms with Crippen LogP contribution >= 0.6 is 11.8 Å². The largest absolute Gasteiger partial charge is 0.357 e. The molecule has 0 spiro atoms. The molecule has 26 heavy (non-hydrogen) atoms. The number of nitrogens with zero attached hydrogens (tertiary/aromatic N) is 4. The lowest BCUT2D eigenvalue weighted by Gasteiger charge is -2.21. The van der Waals surface area contributed by atoms with Gasteiger partial charge in [0.05, 0.1) is 6.20 Å². The first-order chi connectivity index (χ1) is 12.7. The summed E-state index contributed by atoms with van der Waals surface area (Å²) in [4.78, 5) is 8.62. The number of nitrogens with one attached hydrogen (secondary N) is 1. The molecule has 0 bridgehead atoms. The number of hydrogen-bond donors (Lipinski definition) is 1. The summed E-state index contributed by atoms with van der Waals surface area (Å²) in [6.07, 6.45) is 6.17. The van der Waals surface area contributed by atoms with E-state index in [0.717, 1.165) is 44.5 Å². The maximum absolute atomic E-state index is 4.84. The van der Waals surface area contributed by atoms with E-state index >= 15 is 0 Å². The second-order valence-electron chi connectivity index (χ2n) is 6.73. The van der Waals surface area contributed by atoms with Crippen LogP contribution in [0.2, 0.25) is 0 Å². The van der Waals surface area contributed by atoms with Gasteiger partial charge in [0, 0.05) is 50.1 Å². The van der Waals surface area contributed by atoms with Crippen LogP contribution in [0.1, 0.15) is 18.9 Å². The summed E-state index contributed by atoms with van der Waals surface area (Å²) < 4.78 is 1.85. The van der Waals surface area contributed by atoms with E-state index in [1.165, 1.54) is 22.6 Å². The van der Waals surface area contributed by atoms with E-state index in [9.17, 15) is 0 Å². The Labute approximate surface area is 160 Å². The van der Waals surface area contributed by atoms with Gasteiger partial charge in [-0.05, 0) is 43.4 Å². The lowest BCUT2D eigenvalue weighted by molar-refractivity contribution is 0.474. The van der Waals surface area contributed by atoms with Gasteiger partial charge >= 0.3 is 0 Å². The van der Waals surface area contributed by atoms with Crippen molar-refractivity contribution in [2.24, 2.45) is 18.0 Å². The third-order valence-electron chi connectivity index (χ3n) is 4.57. The molecule has 1 aromatic carbocycles. The van der Waals surface area contributed by atoms with Crippen molar-refractivity contribution in [2.75, 3.05) is 31.9 Å².